The van der Waals surface area contributed by atoms with Crippen molar-refractivity contribution in [3.63, 3.8) is 0 Å². The van der Waals surface area contributed by atoms with Crippen molar-refractivity contribution in [2.45, 2.75) is 6.54 Å². The second kappa shape index (κ2) is 6.24. The molecule has 1 aromatic carbocycles. The molecule has 3 N–H and O–H groups in total. The van der Waals surface area contributed by atoms with Gasteiger partial charge in [0.2, 0.25) is 0 Å². The van der Waals surface area contributed by atoms with E-state index in [1.807, 2.05) is 24.3 Å². The summed E-state index contributed by atoms with van der Waals surface area (Å²) < 4.78 is 14.3. The highest BCUT2D eigenvalue weighted by atomic mass is 19.1. The topological polar surface area (TPSA) is 73.8 Å². The number of hydrogen-bond donors (Lipinski definition) is 3. The molecule has 0 bridgehead atoms. The van der Waals surface area contributed by atoms with Gasteiger partial charge in [0.05, 0.1) is 0 Å². The van der Waals surface area contributed by atoms with Gasteiger partial charge >= 0.3 is 0 Å². The lowest BCUT2D eigenvalue weighted by atomic mass is 10.0. The van der Waals surface area contributed by atoms with Crippen LogP contribution < -0.4 is 5.32 Å². The Morgan fingerprint density at radius 2 is 2.04 bits per heavy atom. The number of fused-ring (bicyclic) bond motifs is 1. The SMILES string of the molecule is Oc1ccc(-c2cc(NCc3cccnc3)nc3[nH]ccc23)c(F)c1. The van der Waals surface area contributed by atoms with E-state index < -0.39 is 5.82 Å². The first-order chi connectivity index (χ1) is 12.2. The highest BCUT2D eigenvalue weighted by Gasteiger charge is 2.13. The van der Waals surface area contributed by atoms with Gasteiger partial charge in [0.25, 0.3) is 0 Å². The van der Waals surface area contributed by atoms with Crippen LogP contribution in [0.1, 0.15) is 5.56 Å². The van der Waals surface area contributed by atoms with E-state index in [0.29, 0.717) is 29.1 Å². The standard InChI is InChI=1S/C19H15FN4O/c20-17-8-13(25)3-4-14(17)16-9-18(24-19-15(16)5-7-22-19)23-11-12-2-1-6-21-10-12/h1-10,25H,11H2,(H2,22,23,24). The minimum absolute atomic E-state index is 0.101. The van der Waals surface area contributed by atoms with Crippen molar-refractivity contribution in [3.8, 4) is 16.9 Å². The van der Waals surface area contributed by atoms with Gasteiger partial charge in [-0.1, -0.05) is 6.07 Å². The van der Waals surface area contributed by atoms with Crippen molar-refractivity contribution in [2.24, 2.45) is 0 Å². The van der Waals surface area contributed by atoms with Gasteiger partial charge in [0.1, 0.15) is 23.0 Å². The Kier molecular flexibility index (Phi) is 3.78. The largest absolute Gasteiger partial charge is 0.508 e. The van der Waals surface area contributed by atoms with Gasteiger partial charge in [-0.3, -0.25) is 4.98 Å². The lowest BCUT2D eigenvalue weighted by Gasteiger charge is -2.10. The predicted molar refractivity (Wildman–Crippen MR) is 94.7 cm³/mol. The molecule has 25 heavy (non-hydrogen) atoms. The fourth-order valence-corrected chi connectivity index (χ4v) is 2.77. The number of aromatic nitrogens is 3. The van der Waals surface area contributed by atoms with E-state index in [1.165, 1.54) is 6.07 Å². The first kappa shape index (κ1) is 15.1. The van der Waals surface area contributed by atoms with Crippen LogP contribution >= 0.6 is 0 Å². The molecule has 124 valence electrons. The third kappa shape index (κ3) is 3.01. The molecule has 0 fully saturated rings. The zero-order chi connectivity index (χ0) is 17.2. The summed E-state index contributed by atoms with van der Waals surface area (Å²) in [7, 11) is 0. The number of aromatic amines is 1. The molecule has 5 nitrogen and oxygen atoms in total. The lowest BCUT2D eigenvalue weighted by Crippen LogP contribution is -2.02. The second-order valence-corrected chi connectivity index (χ2v) is 5.67. The van der Waals surface area contributed by atoms with E-state index in [1.54, 1.807) is 24.7 Å². The molecular weight excluding hydrogens is 319 g/mol. The van der Waals surface area contributed by atoms with Crippen LogP contribution in [0.5, 0.6) is 5.75 Å². The summed E-state index contributed by atoms with van der Waals surface area (Å²) in [5, 5.41) is 13.5. The molecule has 0 spiro atoms. The minimum atomic E-state index is -0.480. The number of benzene rings is 1. The monoisotopic (exact) mass is 334 g/mol. The molecule has 3 heterocycles. The molecule has 0 radical (unpaired) electrons. The number of phenols is 1. The summed E-state index contributed by atoms with van der Waals surface area (Å²) in [6.45, 7) is 0.560. The van der Waals surface area contributed by atoms with Crippen molar-refractivity contribution >= 4 is 16.9 Å². The first-order valence-electron chi connectivity index (χ1n) is 7.80. The van der Waals surface area contributed by atoms with Crippen LogP contribution in [0, 0.1) is 5.82 Å². The quantitative estimate of drug-likeness (QED) is 0.526. The number of anilines is 1. The molecule has 0 amide bonds. The van der Waals surface area contributed by atoms with E-state index in [-0.39, 0.29) is 5.75 Å². The summed E-state index contributed by atoms with van der Waals surface area (Å²) in [5.74, 6) is 0.0451. The van der Waals surface area contributed by atoms with Crippen LogP contribution in [0.15, 0.2) is 61.1 Å². The maximum absolute atomic E-state index is 14.3. The van der Waals surface area contributed by atoms with Gasteiger partial charge in [0.15, 0.2) is 0 Å². The van der Waals surface area contributed by atoms with Crippen molar-refractivity contribution in [3.05, 3.63) is 72.4 Å². The Morgan fingerprint density at radius 1 is 1.12 bits per heavy atom. The van der Waals surface area contributed by atoms with Gasteiger partial charge in [0, 0.05) is 42.2 Å². The van der Waals surface area contributed by atoms with E-state index >= 15 is 0 Å². The molecule has 0 aliphatic heterocycles. The van der Waals surface area contributed by atoms with Crippen molar-refractivity contribution in [1.29, 1.82) is 0 Å². The normalized spacial score (nSPS) is 10.9. The fraction of sp³-hybridized carbons (Fsp3) is 0.0526. The van der Waals surface area contributed by atoms with Gasteiger partial charge in [-0.2, -0.15) is 0 Å². The summed E-state index contributed by atoms with van der Waals surface area (Å²) >= 11 is 0. The smallest absolute Gasteiger partial charge is 0.140 e. The van der Waals surface area contributed by atoms with Gasteiger partial charge in [-0.05, 0) is 41.5 Å². The van der Waals surface area contributed by atoms with Crippen LogP contribution in [0.2, 0.25) is 0 Å². The molecule has 0 saturated heterocycles. The number of hydrogen-bond acceptors (Lipinski definition) is 4. The lowest BCUT2D eigenvalue weighted by molar-refractivity contribution is 0.469. The number of nitrogens with zero attached hydrogens (tertiary/aromatic N) is 2. The molecule has 3 aromatic heterocycles. The average Bonchev–Trinajstić information content (AvgIpc) is 3.09. The van der Waals surface area contributed by atoms with Crippen molar-refractivity contribution < 1.29 is 9.50 Å². The number of halogens is 1. The van der Waals surface area contributed by atoms with Crippen LogP contribution in [0.3, 0.4) is 0 Å². The predicted octanol–water partition coefficient (Wildman–Crippen LogP) is 4.08. The molecule has 4 rings (SSSR count). The Hall–Kier alpha value is -3.41. The molecule has 6 heteroatoms. The van der Waals surface area contributed by atoms with Crippen molar-refractivity contribution in [1.82, 2.24) is 15.0 Å². The van der Waals surface area contributed by atoms with Gasteiger partial charge in [-0.25, -0.2) is 9.37 Å². The number of rotatable bonds is 4. The molecule has 0 atom stereocenters. The molecule has 0 saturated carbocycles. The number of nitrogens with one attached hydrogen (secondary N) is 2. The summed E-state index contributed by atoms with van der Waals surface area (Å²) in [6, 6.07) is 11.6. The number of phenolic OH excluding ortho intramolecular Hbond substituents is 1. The highest BCUT2D eigenvalue weighted by molar-refractivity contribution is 5.94. The molecule has 0 unspecified atom stereocenters. The molecular formula is C19H15FN4O. The first-order valence-corrected chi connectivity index (χ1v) is 7.80. The van der Waals surface area contributed by atoms with Crippen molar-refractivity contribution in [2.75, 3.05) is 5.32 Å². The van der Waals surface area contributed by atoms with Crippen LogP contribution in [0.25, 0.3) is 22.2 Å². The highest BCUT2D eigenvalue weighted by Crippen LogP contribution is 2.33. The van der Waals surface area contributed by atoms with Crippen LogP contribution in [-0.4, -0.2) is 20.1 Å². The van der Waals surface area contributed by atoms with Crippen LogP contribution in [0.4, 0.5) is 10.2 Å². The average molecular weight is 334 g/mol. The number of pyridine rings is 2. The molecule has 0 aliphatic rings. The maximum atomic E-state index is 14.3. The maximum Gasteiger partial charge on any atom is 0.140 e. The van der Waals surface area contributed by atoms with E-state index in [9.17, 15) is 9.50 Å². The number of H-pyrrole nitrogens is 1. The third-order valence-electron chi connectivity index (χ3n) is 3.97. The zero-order valence-electron chi connectivity index (χ0n) is 13.2. The van der Waals surface area contributed by atoms with E-state index in [0.717, 1.165) is 17.0 Å². The van der Waals surface area contributed by atoms with E-state index in [4.69, 9.17) is 0 Å². The zero-order valence-corrected chi connectivity index (χ0v) is 13.2. The Labute approximate surface area is 143 Å². The Bertz CT molecular complexity index is 1030. The van der Waals surface area contributed by atoms with E-state index in [2.05, 4.69) is 20.3 Å². The Morgan fingerprint density at radius 3 is 2.84 bits per heavy atom. The Balaban J connectivity index is 1.74. The summed E-state index contributed by atoms with van der Waals surface area (Å²) in [5.41, 5.74) is 2.80. The molecule has 4 aromatic rings. The van der Waals surface area contributed by atoms with Crippen LogP contribution in [-0.2, 0) is 6.54 Å². The minimum Gasteiger partial charge on any atom is -0.508 e. The third-order valence-corrected chi connectivity index (χ3v) is 3.97. The number of aromatic hydroxyl groups is 1. The second-order valence-electron chi connectivity index (χ2n) is 5.67. The fourth-order valence-electron chi connectivity index (χ4n) is 2.77. The van der Waals surface area contributed by atoms with Gasteiger partial charge in [-0.15, -0.1) is 0 Å². The van der Waals surface area contributed by atoms with Gasteiger partial charge < -0.3 is 15.4 Å². The summed E-state index contributed by atoms with van der Waals surface area (Å²) in [4.78, 5) is 11.7. The summed E-state index contributed by atoms with van der Waals surface area (Å²) in [6.07, 6.45) is 5.27. The molecule has 0 aliphatic carbocycles.